The smallest absolute Gasteiger partial charge is 0.0991 e. The number of benzene rings is 1. The van der Waals surface area contributed by atoms with Crippen LogP contribution in [0.2, 0.25) is 0 Å². The molecule has 0 aliphatic carbocycles. The molecule has 0 saturated heterocycles. The molecular formula is C12H13N. The predicted molar refractivity (Wildman–Crippen MR) is 54.3 cm³/mol. The molecule has 0 saturated carbocycles. The van der Waals surface area contributed by atoms with Crippen molar-refractivity contribution in [1.29, 1.82) is 5.26 Å². The first-order chi connectivity index (χ1) is 6.22. The van der Waals surface area contributed by atoms with E-state index in [-0.39, 0.29) is 0 Å². The molecule has 0 fully saturated rings. The van der Waals surface area contributed by atoms with E-state index in [1.165, 1.54) is 11.1 Å². The maximum absolute atomic E-state index is 8.67. The lowest BCUT2D eigenvalue weighted by molar-refractivity contribution is 0.945. The van der Waals surface area contributed by atoms with Crippen LogP contribution in [0.5, 0.6) is 0 Å². The van der Waals surface area contributed by atoms with Crippen LogP contribution in [0.1, 0.15) is 24.5 Å². The van der Waals surface area contributed by atoms with Gasteiger partial charge in [0.15, 0.2) is 0 Å². The summed E-state index contributed by atoms with van der Waals surface area (Å²) in [5.41, 5.74) is 3.13. The summed E-state index contributed by atoms with van der Waals surface area (Å²) in [6.45, 7) is 5.87. The second-order valence-corrected chi connectivity index (χ2v) is 3.27. The topological polar surface area (TPSA) is 23.8 Å². The van der Waals surface area contributed by atoms with E-state index in [4.69, 9.17) is 5.26 Å². The number of nitriles is 1. The van der Waals surface area contributed by atoms with Gasteiger partial charge < -0.3 is 0 Å². The van der Waals surface area contributed by atoms with Gasteiger partial charge in [0.2, 0.25) is 0 Å². The van der Waals surface area contributed by atoms with Crippen LogP contribution in [0.4, 0.5) is 0 Å². The van der Waals surface area contributed by atoms with Gasteiger partial charge in [0.25, 0.3) is 0 Å². The fourth-order valence-corrected chi connectivity index (χ4v) is 1.15. The van der Waals surface area contributed by atoms with Crippen molar-refractivity contribution in [2.45, 2.75) is 19.8 Å². The maximum atomic E-state index is 8.67. The standard InChI is InChI=1S/C12H13N/c1-10(2)6-7-11-4-3-5-12(8-11)9-13/h3-5,8H,1,6-7H2,2H3. The highest BCUT2D eigenvalue weighted by Gasteiger charge is 1.95. The predicted octanol–water partition coefficient (Wildman–Crippen LogP) is 3.07. The van der Waals surface area contributed by atoms with Crippen LogP contribution in [-0.2, 0) is 6.42 Å². The molecular weight excluding hydrogens is 158 g/mol. The van der Waals surface area contributed by atoms with Crippen molar-refractivity contribution in [3.8, 4) is 6.07 Å². The van der Waals surface area contributed by atoms with Gasteiger partial charge in [-0.15, -0.1) is 6.58 Å². The lowest BCUT2D eigenvalue weighted by Crippen LogP contribution is -1.86. The monoisotopic (exact) mass is 171 g/mol. The van der Waals surface area contributed by atoms with E-state index in [9.17, 15) is 0 Å². The summed E-state index contributed by atoms with van der Waals surface area (Å²) in [6.07, 6.45) is 1.97. The Bertz CT molecular complexity index is 344. The molecule has 1 nitrogen and oxygen atoms in total. The highest BCUT2D eigenvalue weighted by Crippen LogP contribution is 2.09. The van der Waals surface area contributed by atoms with E-state index in [0.717, 1.165) is 18.4 Å². The Morgan fingerprint density at radius 3 is 2.92 bits per heavy atom. The zero-order chi connectivity index (χ0) is 9.68. The molecule has 1 aromatic carbocycles. The summed E-state index contributed by atoms with van der Waals surface area (Å²) in [6, 6.07) is 9.86. The van der Waals surface area contributed by atoms with Crippen molar-refractivity contribution in [3.63, 3.8) is 0 Å². The van der Waals surface area contributed by atoms with Crippen molar-refractivity contribution >= 4 is 0 Å². The minimum Gasteiger partial charge on any atom is -0.192 e. The van der Waals surface area contributed by atoms with Crippen LogP contribution in [-0.4, -0.2) is 0 Å². The van der Waals surface area contributed by atoms with Crippen molar-refractivity contribution in [2.75, 3.05) is 0 Å². The van der Waals surface area contributed by atoms with Gasteiger partial charge in [-0.25, -0.2) is 0 Å². The summed E-state index contributed by atoms with van der Waals surface area (Å²) in [4.78, 5) is 0. The molecule has 1 heteroatoms. The van der Waals surface area contributed by atoms with E-state index in [1.807, 2.05) is 31.2 Å². The molecule has 1 rings (SSSR count). The van der Waals surface area contributed by atoms with E-state index in [1.54, 1.807) is 0 Å². The normalized spacial score (nSPS) is 9.23. The summed E-state index contributed by atoms with van der Waals surface area (Å²) in [7, 11) is 0. The van der Waals surface area contributed by atoms with Crippen LogP contribution in [0.15, 0.2) is 36.4 Å². The van der Waals surface area contributed by atoms with Crippen molar-refractivity contribution in [3.05, 3.63) is 47.5 Å². The molecule has 66 valence electrons. The van der Waals surface area contributed by atoms with Gasteiger partial charge >= 0.3 is 0 Å². The molecule has 0 spiro atoms. The number of aryl methyl sites for hydroxylation is 1. The molecule has 0 atom stereocenters. The minimum absolute atomic E-state index is 0.735. The summed E-state index contributed by atoms with van der Waals surface area (Å²) in [5, 5.41) is 8.67. The fraction of sp³-hybridized carbons (Fsp3) is 0.250. The van der Waals surface area contributed by atoms with Crippen LogP contribution >= 0.6 is 0 Å². The minimum atomic E-state index is 0.735. The van der Waals surface area contributed by atoms with Gasteiger partial charge in [0.1, 0.15) is 0 Å². The quantitative estimate of drug-likeness (QED) is 0.641. The van der Waals surface area contributed by atoms with Crippen molar-refractivity contribution in [2.24, 2.45) is 0 Å². The summed E-state index contributed by atoms with van der Waals surface area (Å²) >= 11 is 0. The number of allylic oxidation sites excluding steroid dienone is 1. The average Bonchev–Trinajstić information content (AvgIpc) is 2.15. The van der Waals surface area contributed by atoms with Gasteiger partial charge in [-0.05, 0) is 37.5 Å². The first-order valence-corrected chi connectivity index (χ1v) is 4.36. The lowest BCUT2D eigenvalue weighted by Gasteiger charge is -2.00. The molecule has 0 radical (unpaired) electrons. The van der Waals surface area contributed by atoms with Crippen LogP contribution < -0.4 is 0 Å². The van der Waals surface area contributed by atoms with Crippen LogP contribution in [0, 0.1) is 11.3 Å². The first-order valence-electron chi connectivity index (χ1n) is 4.36. The Morgan fingerprint density at radius 2 is 2.31 bits per heavy atom. The Labute approximate surface area is 79.3 Å². The zero-order valence-electron chi connectivity index (χ0n) is 7.88. The van der Waals surface area contributed by atoms with Gasteiger partial charge in [0.05, 0.1) is 11.6 Å². The molecule has 0 bridgehead atoms. The van der Waals surface area contributed by atoms with Crippen LogP contribution in [0.25, 0.3) is 0 Å². The van der Waals surface area contributed by atoms with E-state index >= 15 is 0 Å². The zero-order valence-corrected chi connectivity index (χ0v) is 7.88. The average molecular weight is 171 g/mol. The van der Waals surface area contributed by atoms with Gasteiger partial charge in [-0.1, -0.05) is 17.7 Å². The van der Waals surface area contributed by atoms with Crippen molar-refractivity contribution in [1.82, 2.24) is 0 Å². The van der Waals surface area contributed by atoms with E-state index in [2.05, 4.69) is 12.6 Å². The van der Waals surface area contributed by atoms with Gasteiger partial charge in [-0.2, -0.15) is 5.26 Å². The Hall–Kier alpha value is -1.55. The lowest BCUT2D eigenvalue weighted by atomic mass is 10.0. The fourth-order valence-electron chi connectivity index (χ4n) is 1.15. The molecule has 0 aliphatic rings. The Morgan fingerprint density at radius 1 is 1.54 bits per heavy atom. The molecule has 0 unspecified atom stereocenters. The van der Waals surface area contributed by atoms with E-state index < -0.39 is 0 Å². The van der Waals surface area contributed by atoms with Crippen LogP contribution in [0.3, 0.4) is 0 Å². The first kappa shape index (κ1) is 9.54. The molecule has 0 amide bonds. The Balaban J connectivity index is 2.68. The number of hydrogen-bond donors (Lipinski definition) is 0. The third-order valence-electron chi connectivity index (χ3n) is 1.90. The molecule has 0 N–H and O–H groups in total. The number of rotatable bonds is 3. The number of nitrogens with zero attached hydrogens (tertiary/aromatic N) is 1. The van der Waals surface area contributed by atoms with Gasteiger partial charge in [0, 0.05) is 0 Å². The molecule has 13 heavy (non-hydrogen) atoms. The third kappa shape index (κ3) is 3.13. The molecule has 0 heterocycles. The highest BCUT2D eigenvalue weighted by molar-refractivity contribution is 5.32. The highest BCUT2D eigenvalue weighted by atomic mass is 14.2. The Kier molecular flexibility index (Phi) is 3.28. The number of hydrogen-bond acceptors (Lipinski definition) is 1. The largest absolute Gasteiger partial charge is 0.192 e. The maximum Gasteiger partial charge on any atom is 0.0991 e. The van der Waals surface area contributed by atoms with E-state index in [0.29, 0.717) is 0 Å². The molecule has 1 aromatic rings. The molecule has 0 aromatic heterocycles. The second-order valence-electron chi connectivity index (χ2n) is 3.27. The van der Waals surface area contributed by atoms with Crippen molar-refractivity contribution < 1.29 is 0 Å². The summed E-state index contributed by atoms with van der Waals surface area (Å²) in [5.74, 6) is 0. The summed E-state index contributed by atoms with van der Waals surface area (Å²) < 4.78 is 0. The second kappa shape index (κ2) is 4.47. The third-order valence-corrected chi connectivity index (χ3v) is 1.90. The van der Waals surface area contributed by atoms with Gasteiger partial charge in [-0.3, -0.25) is 0 Å². The molecule has 0 aliphatic heterocycles. The SMILES string of the molecule is C=C(C)CCc1cccc(C#N)c1.